The zero-order chi connectivity index (χ0) is 12.0. The fourth-order valence-corrected chi connectivity index (χ4v) is 1.50. The number of benzene rings is 1. The van der Waals surface area contributed by atoms with Crippen molar-refractivity contribution < 1.29 is 14.3 Å². The van der Waals surface area contributed by atoms with Gasteiger partial charge in [-0.25, -0.2) is 4.79 Å². The van der Waals surface area contributed by atoms with E-state index in [9.17, 15) is 4.79 Å². The number of carbonyl (C=O) groups excluding carboxylic acids is 1. The van der Waals surface area contributed by atoms with Crippen LogP contribution in [0, 0.1) is 0 Å². The van der Waals surface area contributed by atoms with Gasteiger partial charge in [-0.3, -0.25) is 0 Å². The predicted octanol–water partition coefficient (Wildman–Crippen LogP) is 2.58. The lowest BCUT2D eigenvalue weighted by Crippen LogP contribution is -2.25. The van der Waals surface area contributed by atoms with E-state index < -0.39 is 6.10 Å². The molecule has 3 nitrogen and oxygen atoms in total. The van der Waals surface area contributed by atoms with Gasteiger partial charge in [-0.2, -0.15) is 0 Å². The third-order valence-corrected chi connectivity index (χ3v) is 2.33. The molecule has 1 unspecified atom stereocenters. The Morgan fingerprint density at radius 1 is 1.38 bits per heavy atom. The van der Waals surface area contributed by atoms with Crippen molar-refractivity contribution in [2.45, 2.75) is 32.8 Å². The number of methoxy groups -OCH3 is 1. The second-order valence-electron chi connectivity index (χ2n) is 3.64. The molecule has 1 aromatic carbocycles. The van der Waals surface area contributed by atoms with Gasteiger partial charge >= 0.3 is 5.97 Å². The summed E-state index contributed by atoms with van der Waals surface area (Å²) in [5.41, 5.74) is 1.13. The Bertz CT molecular complexity index is 347. The minimum atomic E-state index is -0.567. The monoisotopic (exact) mass is 222 g/mol. The highest BCUT2D eigenvalue weighted by molar-refractivity contribution is 5.74. The number of para-hydroxylation sites is 1. The summed E-state index contributed by atoms with van der Waals surface area (Å²) in [4.78, 5) is 11.2. The van der Waals surface area contributed by atoms with E-state index in [1.807, 2.05) is 24.3 Å². The molecule has 0 bridgehead atoms. The summed E-state index contributed by atoms with van der Waals surface area (Å²) in [6, 6.07) is 7.77. The summed E-state index contributed by atoms with van der Waals surface area (Å²) < 4.78 is 10.2. The van der Waals surface area contributed by atoms with E-state index >= 15 is 0 Å². The molecular weight excluding hydrogens is 204 g/mol. The summed E-state index contributed by atoms with van der Waals surface area (Å²) in [5.74, 6) is 0.411. The third kappa shape index (κ3) is 3.26. The van der Waals surface area contributed by atoms with E-state index in [0.29, 0.717) is 0 Å². The zero-order valence-electron chi connectivity index (χ0n) is 10.0. The van der Waals surface area contributed by atoms with Crippen LogP contribution in [-0.4, -0.2) is 19.2 Å². The van der Waals surface area contributed by atoms with Crippen LogP contribution in [0.15, 0.2) is 24.3 Å². The Hall–Kier alpha value is -1.51. The zero-order valence-corrected chi connectivity index (χ0v) is 10.0. The second kappa shape index (κ2) is 6.16. The van der Waals surface area contributed by atoms with Gasteiger partial charge in [0.25, 0.3) is 0 Å². The van der Waals surface area contributed by atoms with Crippen molar-refractivity contribution >= 4 is 5.97 Å². The van der Waals surface area contributed by atoms with Crippen molar-refractivity contribution in [2.75, 3.05) is 7.11 Å². The van der Waals surface area contributed by atoms with Gasteiger partial charge in [-0.1, -0.05) is 31.5 Å². The molecule has 0 N–H and O–H groups in total. The van der Waals surface area contributed by atoms with Crippen LogP contribution in [-0.2, 0) is 16.0 Å². The Morgan fingerprint density at radius 2 is 2.06 bits per heavy atom. The van der Waals surface area contributed by atoms with Crippen molar-refractivity contribution in [1.82, 2.24) is 0 Å². The Morgan fingerprint density at radius 3 is 2.69 bits per heavy atom. The highest BCUT2D eigenvalue weighted by Gasteiger charge is 2.15. The quantitative estimate of drug-likeness (QED) is 0.718. The Kier molecular flexibility index (Phi) is 4.83. The molecule has 3 heteroatoms. The number of carbonyl (C=O) groups is 1. The van der Waals surface area contributed by atoms with E-state index in [0.717, 1.165) is 24.2 Å². The first kappa shape index (κ1) is 12.6. The van der Waals surface area contributed by atoms with Gasteiger partial charge in [0.05, 0.1) is 7.11 Å². The molecule has 0 aliphatic heterocycles. The number of esters is 1. The smallest absolute Gasteiger partial charge is 0.346 e. The summed E-state index contributed by atoms with van der Waals surface area (Å²) in [7, 11) is 1.36. The highest BCUT2D eigenvalue weighted by Crippen LogP contribution is 2.20. The maximum Gasteiger partial charge on any atom is 0.346 e. The van der Waals surface area contributed by atoms with Crippen LogP contribution < -0.4 is 4.74 Å². The van der Waals surface area contributed by atoms with Crippen molar-refractivity contribution in [2.24, 2.45) is 0 Å². The molecule has 0 saturated carbocycles. The van der Waals surface area contributed by atoms with E-state index in [1.54, 1.807) is 6.92 Å². The maximum absolute atomic E-state index is 11.2. The van der Waals surface area contributed by atoms with E-state index in [4.69, 9.17) is 4.74 Å². The number of ether oxygens (including phenoxy) is 2. The minimum absolute atomic E-state index is 0.355. The van der Waals surface area contributed by atoms with Crippen LogP contribution in [0.1, 0.15) is 25.8 Å². The van der Waals surface area contributed by atoms with Crippen molar-refractivity contribution in [1.29, 1.82) is 0 Å². The molecule has 0 saturated heterocycles. The standard InChI is InChI=1S/C13H18O3/c1-4-7-11-8-5-6-9-12(11)16-10(2)13(14)15-3/h5-6,8-10H,4,7H2,1-3H3. The summed E-state index contributed by atoms with van der Waals surface area (Å²) in [5, 5.41) is 0. The summed E-state index contributed by atoms with van der Waals surface area (Å²) in [6.07, 6.45) is 1.43. The molecule has 1 rings (SSSR count). The SMILES string of the molecule is CCCc1ccccc1OC(C)C(=O)OC. The predicted molar refractivity (Wildman–Crippen MR) is 62.5 cm³/mol. The van der Waals surface area contributed by atoms with Crippen LogP contribution >= 0.6 is 0 Å². The summed E-state index contributed by atoms with van der Waals surface area (Å²) >= 11 is 0. The molecular formula is C13H18O3. The number of hydrogen-bond donors (Lipinski definition) is 0. The van der Waals surface area contributed by atoms with Crippen LogP contribution in [0.25, 0.3) is 0 Å². The number of hydrogen-bond acceptors (Lipinski definition) is 3. The Labute approximate surface area is 96.4 Å². The van der Waals surface area contributed by atoms with Crippen LogP contribution in [0.3, 0.4) is 0 Å². The van der Waals surface area contributed by atoms with E-state index in [1.165, 1.54) is 7.11 Å². The fraction of sp³-hybridized carbons (Fsp3) is 0.462. The van der Waals surface area contributed by atoms with Gasteiger partial charge in [-0.15, -0.1) is 0 Å². The van der Waals surface area contributed by atoms with Crippen LogP contribution in [0.4, 0.5) is 0 Å². The molecule has 0 amide bonds. The largest absolute Gasteiger partial charge is 0.479 e. The van der Waals surface area contributed by atoms with Crippen molar-refractivity contribution in [3.63, 3.8) is 0 Å². The van der Waals surface area contributed by atoms with Gasteiger partial charge in [-0.05, 0) is 25.0 Å². The molecule has 0 heterocycles. The fourth-order valence-electron chi connectivity index (χ4n) is 1.50. The molecule has 88 valence electrons. The number of rotatable bonds is 5. The lowest BCUT2D eigenvalue weighted by atomic mass is 10.1. The van der Waals surface area contributed by atoms with Gasteiger partial charge in [0, 0.05) is 0 Å². The first-order chi connectivity index (χ1) is 7.69. The lowest BCUT2D eigenvalue weighted by Gasteiger charge is -2.15. The maximum atomic E-state index is 11.2. The lowest BCUT2D eigenvalue weighted by molar-refractivity contribution is -0.147. The molecule has 0 aromatic heterocycles. The molecule has 0 fully saturated rings. The molecule has 1 atom stereocenters. The van der Waals surface area contributed by atoms with Gasteiger partial charge in [0.15, 0.2) is 6.10 Å². The Balaban J connectivity index is 2.75. The van der Waals surface area contributed by atoms with E-state index in [-0.39, 0.29) is 5.97 Å². The summed E-state index contributed by atoms with van der Waals surface area (Å²) in [6.45, 7) is 3.80. The first-order valence-corrected chi connectivity index (χ1v) is 5.51. The topological polar surface area (TPSA) is 35.5 Å². The first-order valence-electron chi connectivity index (χ1n) is 5.51. The van der Waals surface area contributed by atoms with Crippen molar-refractivity contribution in [3.8, 4) is 5.75 Å². The minimum Gasteiger partial charge on any atom is -0.479 e. The highest BCUT2D eigenvalue weighted by atomic mass is 16.6. The average Bonchev–Trinajstić information content (AvgIpc) is 2.31. The molecule has 0 aliphatic carbocycles. The second-order valence-corrected chi connectivity index (χ2v) is 3.64. The molecule has 1 aromatic rings. The van der Waals surface area contributed by atoms with Crippen molar-refractivity contribution in [3.05, 3.63) is 29.8 Å². The van der Waals surface area contributed by atoms with Crippen LogP contribution in [0.5, 0.6) is 5.75 Å². The average molecular weight is 222 g/mol. The molecule has 0 spiro atoms. The molecule has 0 aliphatic rings. The molecule has 0 radical (unpaired) electrons. The van der Waals surface area contributed by atoms with Gasteiger partial charge in [0.1, 0.15) is 5.75 Å². The van der Waals surface area contributed by atoms with Gasteiger partial charge in [0.2, 0.25) is 0 Å². The molecule has 16 heavy (non-hydrogen) atoms. The van der Waals surface area contributed by atoms with Crippen LogP contribution in [0.2, 0.25) is 0 Å². The van der Waals surface area contributed by atoms with Gasteiger partial charge < -0.3 is 9.47 Å². The van der Waals surface area contributed by atoms with E-state index in [2.05, 4.69) is 11.7 Å². The normalized spacial score (nSPS) is 11.9. The third-order valence-electron chi connectivity index (χ3n) is 2.33. The number of aryl methyl sites for hydroxylation is 1.